The number of rotatable bonds is 12. The Kier molecular flexibility index (Phi) is 11.6. The van der Waals surface area contributed by atoms with Gasteiger partial charge in [0.25, 0.3) is 5.91 Å². The van der Waals surface area contributed by atoms with E-state index in [0.29, 0.717) is 19.2 Å². The Balaban J connectivity index is 1.36. The van der Waals surface area contributed by atoms with Crippen LogP contribution in [0.1, 0.15) is 68.3 Å². The molecule has 2 N–H and O–H groups in total. The highest BCUT2D eigenvalue weighted by atomic mass is 16.7. The Bertz CT molecular complexity index is 1460. The number of carbonyl (C=O) groups is 2. The van der Waals surface area contributed by atoms with Gasteiger partial charge in [-0.1, -0.05) is 67.6 Å². The fraction of sp³-hybridized carbons (Fsp3) is 0.459. The van der Waals surface area contributed by atoms with Crippen molar-refractivity contribution < 1.29 is 33.6 Å². The predicted molar refractivity (Wildman–Crippen MR) is 174 cm³/mol. The van der Waals surface area contributed by atoms with Crippen LogP contribution in [0.25, 0.3) is 11.1 Å². The van der Waals surface area contributed by atoms with Gasteiger partial charge in [-0.25, -0.2) is 0 Å². The number of hydrogen-bond acceptors (Lipinski definition) is 8. The number of likely N-dealkylation sites (tertiary alicyclic amines) is 1. The number of benzene rings is 3. The van der Waals surface area contributed by atoms with Crippen molar-refractivity contribution in [3.8, 4) is 11.1 Å². The number of methoxy groups -OCH3 is 1. The summed E-state index contributed by atoms with van der Waals surface area (Å²) in [6.45, 7) is 7.87. The van der Waals surface area contributed by atoms with Gasteiger partial charge in [0.2, 0.25) is 0 Å². The summed E-state index contributed by atoms with van der Waals surface area (Å²) in [4.78, 5) is 26.1. The van der Waals surface area contributed by atoms with Crippen LogP contribution in [0.5, 0.6) is 0 Å². The minimum Gasteiger partial charge on any atom is -0.453 e. The maximum absolute atomic E-state index is 12.4. The van der Waals surface area contributed by atoms with E-state index in [-0.39, 0.29) is 30.6 Å². The monoisotopic (exact) mass is 630 g/mol. The molecule has 0 bridgehead atoms. The predicted octanol–water partition coefficient (Wildman–Crippen LogP) is 5.32. The maximum Gasteiger partial charge on any atom is 0.303 e. The van der Waals surface area contributed by atoms with Crippen LogP contribution in [0.4, 0.5) is 0 Å². The van der Waals surface area contributed by atoms with E-state index in [9.17, 15) is 14.7 Å². The van der Waals surface area contributed by atoms with Crippen molar-refractivity contribution in [2.45, 2.75) is 77.4 Å². The number of nitrogens with one attached hydrogen (secondary N) is 1. The highest BCUT2D eigenvalue weighted by molar-refractivity contribution is 5.82. The number of aliphatic hydroxyl groups is 1. The van der Waals surface area contributed by atoms with Crippen LogP contribution in [0.3, 0.4) is 0 Å². The number of aliphatic hydroxyl groups excluding tert-OH is 1. The number of amides is 1. The highest BCUT2D eigenvalue weighted by Crippen LogP contribution is 2.43. The van der Waals surface area contributed by atoms with E-state index in [1.165, 1.54) is 6.92 Å². The summed E-state index contributed by atoms with van der Waals surface area (Å²) in [6.07, 6.45) is 0.590. The van der Waals surface area contributed by atoms with Gasteiger partial charge in [-0.15, -0.1) is 0 Å². The molecule has 2 aliphatic rings. The Morgan fingerprint density at radius 3 is 2.46 bits per heavy atom. The standard InChI is InChI=1S/C37H46N2O7/c1-24-34(21-39-17-7-12-33(39)23-43-4)45-37(46-35(24)29-15-13-27(22-40)14-16-29)32-11-6-10-31(19-32)30-9-5-8-28(18-30)20-38-36(42)25(2)44-26(3)41/h5-6,8-11,13-16,18-19,24-25,33-35,37,40H,7,12,17,20-23H2,1-4H3,(H,38,42)/t24-,25-,33-,34+,35+,37+/m0/s1. The lowest BCUT2D eigenvalue weighted by Gasteiger charge is -2.43. The van der Waals surface area contributed by atoms with Gasteiger partial charge in [0, 0.05) is 44.6 Å². The average molecular weight is 631 g/mol. The first-order chi connectivity index (χ1) is 22.2. The fourth-order valence-corrected chi connectivity index (χ4v) is 6.44. The molecule has 0 unspecified atom stereocenters. The number of nitrogens with zero attached hydrogens (tertiary/aromatic N) is 1. The third-order valence-electron chi connectivity index (χ3n) is 8.99. The van der Waals surface area contributed by atoms with Crippen LogP contribution < -0.4 is 5.32 Å². The molecule has 46 heavy (non-hydrogen) atoms. The summed E-state index contributed by atoms with van der Waals surface area (Å²) >= 11 is 0. The van der Waals surface area contributed by atoms with E-state index in [2.05, 4.69) is 29.3 Å². The van der Waals surface area contributed by atoms with Gasteiger partial charge >= 0.3 is 5.97 Å². The van der Waals surface area contributed by atoms with E-state index in [1.54, 1.807) is 14.0 Å². The summed E-state index contributed by atoms with van der Waals surface area (Å²) in [7, 11) is 1.76. The molecule has 5 rings (SSSR count). The topological polar surface area (TPSA) is 107 Å². The molecule has 3 aromatic rings. The third kappa shape index (κ3) is 8.40. The Morgan fingerprint density at radius 2 is 1.74 bits per heavy atom. The van der Waals surface area contributed by atoms with Gasteiger partial charge in [0.1, 0.15) is 0 Å². The molecule has 246 valence electrons. The minimum atomic E-state index is -0.854. The van der Waals surface area contributed by atoms with Crippen molar-refractivity contribution in [1.82, 2.24) is 10.2 Å². The molecular weight excluding hydrogens is 584 g/mol. The zero-order valence-corrected chi connectivity index (χ0v) is 27.2. The second-order valence-electron chi connectivity index (χ2n) is 12.4. The first kappa shape index (κ1) is 33.8. The molecule has 9 nitrogen and oxygen atoms in total. The molecule has 6 atom stereocenters. The number of hydrogen-bond donors (Lipinski definition) is 2. The lowest BCUT2D eigenvalue weighted by molar-refractivity contribution is -0.276. The second-order valence-corrected chi connectivity index (χ2v) is 12.4. The van der Waals surface area contributed by atoms with Crippen LogP contribution in [0.15, 0.2) is 72.8 Å². The maximum atomic E-state index is 12.4. The normalized spacial score (nSPS) is 24.0. The van der Waals surface area contributed by atoms with Crippen molar-refractivity contribution in [1.29, 1.82) is 0 Å². The van der Waals surface area contributed by atoms with Crippen molar-refractivity contribution >= 4 is 11.9 Å². The molecule has 2 aliphatic heterocycles. The van der Waals surface area contributed by atoms with Crippen LogP contribution >= 0.6 is 0 Å². The second kappa shape index (κ2) is 15.8. The summed E-state index contributed by atoms with van der Waals surface area (Å²) in [5.41, 5.74) is 5.78. The fourth-order valence-electron chi connectivity index (χ4n) is 6.44. The van der Waals surface area contributed by atoms with Crippen LogP contribution in [-0.2, 0) is 41.7 Å². The van der Waals surface area contributed by atoms with Crippen LogP contribution in [0.2, 0.25) is 0 Å². The molecule has 0 radical (unpaired) electrons. The van der Waals surface area contributed by atoms with Gasteiger partial charge in [-0.2, -0.15) is 0 Å². The molecule has 2 heterocycles. The Hall–Kier alpha value is -3.60. The van der Waals surface area contributed by atoms with Crippen molar-refractivity contribution in [3.63, 3.8) is 0 Å². The van der Waals surface area contributed by atoms with Gasteiger partial charge in [0.15, 0.2) is 12.4 Å². The third-order valence-corrected chi connectivity index (χ3v) is 8.99. The van der Waals surface area contributed by atoms with Crippen molar-refractivity contribution in [2.24, 2.45) is 5.92 Å². The van der Waals surface area contributed by atoms with E-state index in [4.69, 9.17) is 18.9 Å². The molecule has 0 saturated carbocycles. The van der Waals surface area contributed by atoms with Gasteiger partial charge in [-0.3, -0.25) is 14.5 Å². The minimum absolute atomic E-state index is 0.000662. The van der Waals surface area contributed by atoms with Crippen molar-refractivity contribution in [2.75, 3.05) is 26.8 Å². The number of esters is 1. The Labute approximate surface area is 271 Å². The molecule has 0 spiro atoms. The molecular formula is C37H46N2O7. The molecule has 1 amide bonds. The Morgan fingerprint density at radius 1 is 1.00 bits per heavy atom. The van der Waals surface area contributed by atoms with Gasteiger partial charge in [-0.05, 0) is 66.3 Å². The summed E-state index contributed by atoms with van der Waals surface area (Å²) in [5.74, 6) is -0.742. The summed E-state index contributed by atoms with van der Waals surface area (Å²) < 4.78 is 24.0. The van der Waals surface area contributed by atoms with Gasteiger partial charge in [0.05, 0.1) is 25.4 Å². The van der Waals surface area contributed by atoms with E-state index >= 15 is 0 Å². The SMILES string of the molecule is COC[C@@H]1CCCN1C[C@H]1O[C@@H](c2cccc(-c3cccc(CNC(=O)[C@H](C)OC(C)=O)c3)c2)O[C@@H](c2ccc(CO)cc2)[C@H]1C. The molecule has 2 saturated heterocycles. The number of ether oxygens (including phenoxy) is 4. The lowest BCUT2D eigenvalue weighted by atomic mass is 9.89. The molecule has 0 aromatic heterocycles. The lowest BCUT2D eigenvalue weighted by Crippen LogP contribution is -2.46. The summed E-state index contributed by atoms with van der Waals surface area (Å²) in [5, 5.41) is 12.4. The zero-order chi connectivity index (χ0) is 32.6. The highest BCUT2D eigenvalue weighted by Gasteiger charge is 2.40. The van der Waals surface area contributed by atoms with E-state index < -0.39 is 18.4 Å². The van der Waals surface area contributed by atoms with Crippen LogP contribution in [-0.4, -0.2) is 66.9 Å². The molecule has 2 fully saturated rings. The summed E-state index contributed by atoms with van der Waals surface area (Å²) in [6, 6.07) is 24.6. The quantitative estimate of drug-likeness (QED) is 0.259. The van der Waals surface area contributed by atoms with E-state index in [0.717, 1.165) is 59.3 Å². The number of carbonyl (C=O) groups excluding carboxylic acids is 2. The molecule has 3 aromatic carbocycles. The van der Waals surface area contributed by atoms with E-state index in [1.807, 2.05) is 60.7 Å². The molecule has 0 aliphatic carbocycles. The first-order valence-electron chi connectivity index (χ1n) is 16.1. The smallest absolute Gasteiger partial charge is 0.303 e. The van der Waals surface area contributed by atoms with Crippen molar-refractivity contribution in [3.05, 3.63) is 95.1 Å². The largest absolute Gasteiger partial charge is 0.453 e. The first-order valence-corrected chi connectivity index (χ1v) is 16.1. The zero-order valence-electron chi connectivity index (χ0n) is 27.2. The van der Waals surface area contributed by atoms with Gasteiger partial charge < -0.3 is 29.4 Å². The molecule has 9 heteroatoms. The average Bonchev–Trinajstić information content (AvgIpc) is 3.51. The van der Waals surface area contributed by atoms with Crippen LogP contribution in [0, 0.1) is 5.92 Å².